The number of nitrogens with one attached hydrogen (secondary N) is 1. The fourth-order valence-electron chi connectivity index (χ4n) is 1.77. The SMILES string of the molecule is CC(=O)CCC(N)C(=N)C1CC1(C)C. The van der Waals surface area contributed by atoms with E-state index >= 15 is 0 Å². The van der Waals surface area contributed by atoms with E-state index in [0.717, 1.165) is 6.42 Å². The zero-order valence-corrected chi connectivity index (χ0v) is 9.26. The van der Waals surface area contributed by atoms with Gasteiger partial charge in [-0.25, -0.2) is 0 Å². The fourth-order valence-corrected chi connectivity index (χ4v) is 1.77. The van der Waals surface area contributed by atoms with Crippen molar-refractivity contribution in [2.24, 2.45) is 17.1 Å². The minimum Gasteiger partial charge on any atom is -0.323 e. The Kier molecular flexibility index (Phi) is 3.10. The summed E-state index contributed by atoms with van der Waals surface area (Å²) in [7, 11) is 0. The second kappa shape index (κ2) is 3.81. The minimum absolute atomic E-state index is 0.156. The van der Waals surface area contributed by atoms with Crippen LogP contribution in [-0.2, 0) is 4.79 Å². The molecule has 0 aliphatic heterocycles. The van der Waals surface area contributed by atoms with Crippen molar-refractivity contribution in [3.63, 3.8) is 0 Å². The third kappa shape index (κ3) is 2.64. The molecule has 1 aliphatic carbocycles. The maximum absolute atomic E-state index is 10.8. The lowest BCUT2D eigenvalue weighted by Crippen LogP contribution is -2.32. The second-order valence-electron chi connectivity index (χ2n) is 5.05. The molecule has 1 aliphatic rings. The highest BCUT2D eigenvalue weighted by Gasteiger charge is 2.49. The summed E-state index contributed by atoms with van der Waals surface area (Å²) < 4.78 is 0. The van der Waals surface area contributed by atoms with Crippen molar-refractivity contribution in [3.8, 4) is 0 Å². The molecule has 0 amide bonds. The summed E-state index contributed by atoms with van der Waals surface area (Å²) >= 11 is 0. The van der Waals surface area contributed by atoms with Gasteiger partial charge in [0.05, 0.1) is 0 Å². The molecule has 0 aromatic rings. The number of Topliss-reactive ketones (excluding diaryl/α,β-unsaturated/α-hetero) is 1. The molecule has 3 N–H and O–H groups in total. The van der Waals surface area contributed by atoms with Gasteiger partial charge in [0.25, 0.3) is 0 Å². The first kappa shape index (κ1) is 11.4. The number of rotatable bonds is 5. The summed E-state index contributed by atoms with van der Waals surface area (Å²) in [5, 5.41) is 7.88. The Morgan fingerprint density at radius 1 is 1.64 bits per heavy atom. The molecule has 0 aromatic carbocycles. The number of ketones is 1. The average Bonchev–Trinajstić information content (AvgIpc) is 2.69. The van der Waals surface area contributed by atoms with Crippen LogP contribution in [0.4, 0.5) is 0 Å². The molecule has 0 heterocycles. The van der Waals surface area contributed by atoms with Gasteiger partial charge in [0, 0.05) is 24.1 Å². The molecule has 3 nitrogen and oxygen atoms in total. The molecule has 2 atom stereocenters. The Hall–Kier alpha value is -0.700. The number of nitrogens with two attached hydrogens (primary N) is 1. The van der Waals surface area contributed by atoms with E-state index in [9.17, 15) is 4.79 Å². The van der Waals surface area contributed by atoms with Gasteiger partial charge in [-0.05, 0) is 25.2 Å². The van der Waals surface area contributed by atoms with Gasteiger partial charge in [-0.2, -0.15) is 0 Å². The summed E-state index contributed by atoms with van der Waals surface area (Å²) in [5.74, 6) is 0.507. The van der Waals surface area contributed by atoms with Crippen LogP contribution in [0.2, 0.25) is 0 Å². The molecule has 80 valence electrons. The van der Waals surface area contributed by atoms with Crippen LogP contribution in [0.3, 0.4) is 0 Å². The van der Waals surface area contributed by atoms with Crippen molar-refractivity contribution >= 4 is 11.5 Å². The predicted octanol–water partition coefficient (Wildman–Crippen LogP) is 1.75. The lowest BCUT2D eigenvalue weighted by molar-refractivity contribution is -0.117. The van der Waals surface area contributed by atoms with Crippen LogP contribution in [0.25, 0.3) is 0 Å². The van der Waals surface area contributed by atoms with Gasteiger partial charge >= 0.3 is 0 Å². The quantitative estimate of drug-likeness (QED) is 0.658. The summed E-state index contributed by atoms with van der Waals surface area (Å²) in [6, 6.07) is -0.217. The van der Waals surface area contributed by atoms with Crippen molar-refractivity contribution in [1.82, 2.24) is 0 Å². The Balaban J connectivity index is 2.35. The number of hydrogen-bond acceptors (Lipinski definition) is 3. The molecule has 0 spiro atoms. The van der Waals surface area contributed by atoms with E-state index < -0.39 is 0 Å². The standard InChI is InChI=1S/C11H20N2O/c1-7(14)4-5-9(12)10(13)8-6-11(8,2)3/h8-9,13H,4-6,12H2,1-3H3. The van der Waals surface area contributed by atoms with Crippen LogP contribution < -0.4 is 5.73 Å². The van der Waals surface area contributed by atoms with E-state index in [1.807, 2.05) is 0 Å². The largest absolute Gasteiger partial charge is 0.323 e. The monoisotopic (exact) mass is 196 g/mol. The Morgan fingerprint density at radius 2 is 2.14 bits per heavy atom. The van der Waals surface area contributed by atoms with Crippen molar-refractivity contribution < 1.29 is 4.79 Å². The van der Waals surface area contributed by atoms with Gasteiger partial charge in [0.1, 0.15) is 5.78 Å². The van der Waals surface area contributed by atoms with E-state index in [0.29, 0.717) is 24.5 Å². The molecule has 1 saturated carbocycles. The molecule has 14 heavy (non-hydrogen) atoms. The van der Waals surface area contributed by atoms with Crippen LogP contribution in [0.15, 0.2) is 0 Å². The molecule has 2 unspecified atom stereocenters. The topological polar surface area (TPSA) is 66.9 Å². The van der Waals surface area contributed by atoms with E-state index in [4.69, 9.17) is 11.1 Å². The first-order chi connectivity index (χ1) is 6.34. The third-order valence-corrected chi connectivity index (χ3v) is 3.10. The van der Waals surface area contributed by atoms with Crippen molar-refractivity contribution in [2.75, 3.05) is 0 Å². The summed E-state index contributed by atoms with van der Waals surface area (Å²) in [5.41, 5.74) is 6.75. The molecular formula is C11H20N2O. The van der Waals surface area contributed by atoms with E-state index in [-0.39, 0.29) is 17.2 Å². The van der Waals surface area contributed by atoms with Gasteiger partial charge in [0.15, 0.2) is 0 Å². The molecule has 1 fully saturated rings. The maximum Gasteiger partial charge on any atom is 0.129 e. The smallest absolute Gasteiger partial charge is 0.129 e. The lowest BCUT2D eigenvalue weighted by Gasteiger charge is -2.13. The molecule has 1 rings (SSSR count). The molecule has 0 saturated heterocycles. The zero-order valence-electron chi connectivity index (χ0n) is 9.26. The van der Waals surface area contributed by atoms with Crippen molar-refractivity contribution in [1.29, 1.82) is 5.41 Å². The number of carbonyl (C=O) groups is 1. The van der Waals surface area contributed by atoms with Crippen LogP contribution in [-0.4, -0.2) is 17.5 Å². The summed E-state index contributed by atoms with van der Waals surface area (Å²) in [6.45, 7) is 5.88. The normalized spacial score (nSPS) is 25.6. The van der Waals surface area contributed by atoms with E-state index in [2.05, 4.69) is 13.8 Å². The molecule has 3 heteroatoms. The minimum atomic E-state index is -0.217. The van der Waals surface area contributed by atoms with Gasteiger partial charge in [-0.15, -0.1) is 0 Å². The number of hydrogen-bond donors (Lipinski definition) is 2. The highest BCUT2D eigenvalue weighted by molar-refractivity contribution is 5.92. The number of carbonyl (C=O) groups excluding carboxylic acids is 1. The first-order valence-electron chi connectivity index (χ1n) is 5.18. The van der Waals surface area contributed by atoms with E-state index in [1.54, 1.807) is 6.92 Å². The van der Waals surface area contributed by atoms with Crippen molar-refractivity contribution in [2.45, 2.75) is 46.1 Å². The van der Waals surface area contributed by atoms with E-state index in [1.165, 1.54) is 0 Å². The summed E-state index contributed by atoms with van der Waals surface area (Å²) in [4.78, 5) is 10.8. The maximum atomic E-state index is 10.8. The lowest BCUT2D eigenvalue weighted by atomic mass is 9.98. The highest BCUT2D eigenvalue weighted by Crippen LogP contribution is 2.52. The van der Waals surface area contributed by atoms with Crippen molar-refractivity contribution in [3.05, 3.63) is 0 Å². The van der Waals surface area contributed by atoms with Crippen LogP contribution in [0.5, 0.6) is 0 Å². The molecule has 0 bridgehead atoms. The van der Waals surface area contributed by atoms with Crippen LogP contribution >= 0.6 is 0 Å². The van der Waals surface area contributed by atoms with Gasteiger partial charge in [-0.1, -0.05) is 13.8 Å². The second-order valence-corrected chi connectivity index (χ2v) is 5.05. The average molecular weight is 196 g/mol. The van der Waals surface area contributed by atoms with Gasteiger partial charge in [0.2, 0.25) is 0 Å². The van der Waals surface area contributed by atoms with Crippen LogP contribution in [0.1, 0.15) is 40.0 Å². The Bertz CT molecular complexity index is 258. The highest BCUT2D eigenvalue weighted by atomic mass is 16.1. The molecule has 0 aromatic heterocycles. The molecule has 0 radical (unpaired) electrons. The summed E-state index contributed by atoms with van der Waals surface area (Å²) in [6.07, 6.45) is 2.19. The first-order valence-corrected chi connectivity index (χ1v) is 5.18. The zero-order chi connectivity index (χ0) is 10.9. The third-order valence-electron chi connectivity index (χ3n) is 3.10. The van der Waals surface area contributed by atoms with Gasteiger partial charge < -0.3 is 15.9 Å². The Morgan fingerprint density at radius 3 is 2.50 bits per heavy atom. The van der Waals surface area contributed by atoms with Crippen LogP contribution in [0, 0.1) is 16.7 Å². The molecular weight excluding hydrogens is 176 g/mol. The predicted molar refractivity (Wildman–Crippen MR) is 57.5 cm³/mol. The fraction of sp³-hybridized carbons (Fsp3) is 0.818. The van der Waals surface area contributed by atoms with Gasteiger partial charge in [-0.3, -0.25) is 0 Å². The Labute approximate surface area is 85.6 Å².